The van der Waals surface area contributed by atoms with Crippen LogP contribution in [-0.2, 0) is 28.7 Å². The molecule has 34 heavy (non-hydrogen) atoms. The number of methoxy groups -OCH3 is 1. The molecule has 0 N–H and O–H groups in total. The van der Waals surface area contributed by atoms with Gasteiger partial charge in [0, 0.05) is 27.9 Å². The number of furan rings is 1. The summed E-state index contributed by atoms with van der Waals surface area (Å²) in [4.78, 5) is 52.6. The van der Waals surface area contributed by atoms with Gasteiger partial charge in [-0.1, -0.05) is 27.7 Å². The van der Waals surface area contributed by atoms with Crippen LogP contribution in [0.5, 0.6) is 0 Å². The summed E-state index contributed by atoms with van der Waals surface area (Å²) in [7, 11) is 1.33. The van der Waals surface area contributed by atoms with Crippen molar-refractivity contribution in [1.29, 1.82) is 0 Å². The largest absolute Gasteiger partial charge is 0.472 e. The van der Waals surface area contributed by atoms with E-state index in [2.05, 4.69) is 6.92 Å². The summed E-state index contributed by atoms with van der Waals surface area (Å²) < 4.78 is 16.0. The molecule has 5 rings (SSSR count). The van der Waals surface area contributed by atoms with Crippen LogP contribution >= 0.6 is 0 Å². The Morgan fingerprint density at radius 2 is 1.88 bits per heavy atom. The van der Waals surface area contributed by atoms with E-state index < -0.39 is 46.1 Å². The van der Waals surface area contributed by atoms with E-state index in [-0.39, 0.29) is 29.8 Å². The molecule has 0 saturated heterocycles. The predicted molar refractivity (Wildman–Crippen MR) is 120 cm³/mol. The SMILES string of the molecule is COC(=O)C[C@@H]1C(C)(C)C(=O)[C@H]2C[C@@H]3C4=CC(=O)O[C@H](c5ccoc5)[C@]4(C)CC[C@H]3[C@@]1(C)C2=O. The Morgan fingerprint density at radius 3 is 2.53 bits per heavy atom. The number of ether oxygens (including phenoxy) is 2. The van der Waals surface area contributed by atoms with Crippen LogP contribution in [0.25, 0.3) is 0 Å². The second kappa shape index (κ2) is 7.40. The minimum atomic E-state index is -0.867. The Bertz CT molecular complexity index is 1100. The Hall–Kier alpha value is -2.70. The molecule has 2 bridgehead atoms. The van der Waals surface area contributed by atoms with Crippen LogP contribution in [0, 0.1) is 39.9 Å². The van der Waals surface area contributed by atoms with Crippen molar-refractivity contribution in [3.05, 3.63) is 35.8 Å². The maximum atomic E-state index is 13.8. The van der Waals surface area contributed by atoms with Gasteiger partial charge in [-0.05, 0) is 48.7 Å². The van der Waals surface area contributed by atoms with E-state index >= 15 is 0 Å². The zero-order chi connectivity index (χ0) is 24.6. The molecule has 3 fully saturated rings. The minimum Gasteiger partial charge on any atom is -0.472 e. The molecule has 7 atom stereocenters. The number of fused-ring (bicyclic) bond motifs is 6. The summed E-state index contributed by atoms with van der Waals surface area (Å²) in [5.41, 5.74) is -0.390. The number of esters is 2. The normalized spacial score (nSPS) is 40.6. The van der Waals surface area contributed by atoms with Crippen LogP contribution in [0.4, 0.5) is 0 Å². The molecule has 4 aliphatic rings. The highest BCUT2D eigenvalue weighted by atomic mass is 16.5. The van der Waals surface area contributed by atoms with E-state index in [0.29, 0.717) is 6.42 Å². The molecular weight excluding hydrogens is 436 g/mol. The summed E-state index contributed by atoms with van der Waals surface area (Å²) in [5.74, 6) is -2.39. The summed E-state index contributed by atoms with van der Waals surface area (Å²) in [6.45, 7) is 7.77. The van der Waals surface area contributed by atoms with Crippen molar-refractivity contribution in [3.8, 4) is 0 Å². The zero-order valence-electron chi connectivity index (χ0n) is 20.4. The Kier molecular flexibility index (Phi) is 5.02. The van der Waals surface area contributed by atoms with E-state index in [1.165, 1.54) is 7.11 Å². The molecule has 0 amide bonds. The molecule has 0 radical (unpaired) electrons. The van der Waals surface area contributed by atoms with E-state index in [1.807, 2.05) is 26.8 Å². The molecule has 3 aliphatic carbocycles. The van der Waals surface area contributed by atoms with Crippen LogP contribution in [0.3, 0.4) is 0 Å². The van der Waals surface area contributed by atoms with Crippen molar-refractivity contribution in [2.24, 2.45) is 39.9 Å². The average Bonchev–Trinajstić information content (AvgIpc) is 3.32. The highest BCUT2D eigenvalue weighted by Crippen LogP contribution is 2.68. The molecule has 0 unspecified atom stereocenters. The standard InChI is InChI=1S/C27H32O7/c1-25(2)19(12-20(28)32-5)27(4)17-6-8-26(3)18(15(17)10-16(22(25)30)23(27)31)11-21(29)34-24(26)14-7-9-33-13-14/h7,9,11,13,15-17,19,24H,6,8,10,12H2,1-5H3/t15-,16+,17+,19+,24+,26+,27+/m0/s1. The Labute approximate surface area is 199 Å². The van der Waals surface area contributed by atoms with E-state index in [0.717, 1.165) is 24.0 Å². The van der Waals surface area contributed by atoms with Gasteiger partial charge in [0.1, 0.15) is 17.7 Å². The molecule has 1 aromatic rings. The van der Waals surface area contributed by atoms with Crippen LogP contribution in [0.2, 0.25) is 0 Å². The molecule has 1 aliphatic heterocycles. The van der Waals surface area contributed by atoms with Crippen molar-refractivity contribution in [2.45, 2.75) is 59.5 Å². The van der Waals surface area contributed by atoms with Gasteiger partial charge in [0.25, 0.3) is 0 Å². The lowest BCUT2D eigenvalue weighted by atomic mass is 9.39. The monoisotopic (exact) mass is 468 g/mol. The van der Waals surface area contributed by atoms with Gasteiger partial charge in [0.2, 0.25) is 0 Å². The van der Waals surface area contributed by atoms with Gasteiger partial charge < -0.3 is 13.9 Å². The highest BCUT2D eigenvalue weighted by Gasteiger charge is 2.69. The van der Waals surface area contributed by atoms with Crippen molar-refractivity contribution in [2.75, 3.05) is 7.11 Å². The third-order valence-corrected chi connectivity index (χ3v) is 9.70. The minimum absolute atomic E-state index is 0.0173. The maximum absolute atomic E-state index is 13.8. The molecule has 0 aromatic carbocycles. The summed E-state index contributed by atoms with van der Waals surface area (Å²) in [6.07, 6.45) is 6.16. The van der Waals surface area contributed by atoms with Crippen molar-refractivity contribution in [3.63, 3.8) is 0 Å². The van der Waals surface area contributed by atoms with Gasteiger partial charge in [0.15, 0.2) is 0 Å². The van der Waals surface area contributed by atoms with Gasteiger partial charge in [-0.3, -0.25) is 14.4 Å². The van der Waals surface area contributed by atoms with Gasteiger partial charge in [-0.2, -0.15) is 0 Å². The van der Waals surface area contributed by atoms with Crippen molar-refractivity contribution in [1.82, 2.24) is 0 Å². The number of ketones is 2. The Morgan fingerprint density at radius 1 is 1.15 bits per heavy atom. The number of cyclic esters (lactones) is 1. The van der Waals surface area contributed by atoms with Gasteiger partial charge in [-0.25, -0.2) is 4.79 Å². The second-order valence-corrected chi connectivity index (χ2v) is 11.5. The van der Waals surface area contributed by atoms with Crippen LogP contribution in [0.15, 0.2) is 34.7 Å². The summed E-state index contributed by atoms with van der Waals surface area (Å²) in [5, 5.41) is 0. The smallest absolute Gasteiger partial charge is 0.331 e. The molecule has 7 heteroatoms. The lowest BCUT2D eigenvalue weighted by Gasteiger charge is -2.63. The second-order valence-electron chi connectivity index (χ2n) is 11.5. The first-order valence-electron chi connectivity index (χ1n) is 12.1. The van der Waals surface area contributed by atoms with E-state index in [1.54, 1.807) is 18.6 Å². The topological polar surface area (TPSA) is 99.9 Å². The highest BCUT2D eigenvalue weighted by molar-refractivity contribution is 6.11. The number of carbonyl (C=O) groups is 4. The number of carbonyl (C=O) groups excluding carboxylic acids is 4. The number of hydrogen-bond acceptors (Lipinski definition) is 7. The third kappa shape index (κ3) is 2.88. The number of hydrogen-bond donors (Lipinski definition) is 0. The summed E-state index contributed by atoms with van der Waals surface area (Å²) >= 11 is 0. The Balaban J connectivity index is 1.62. The van der Waals surface area contributed by atoms with Gasteiger partial charge >= 0.3 is 11.9 Å². The summed E-state index contributed by atoms with van der Waals surface area (Å²) in [6, 6.07) is 1.82. The number of Topliss-reactive ketones (excluding diaryl/α,β-unsaturated/α-hetero) is 2. The molecule has 182 valence electrons. The fraction of sp³-hybridized carbons (Fsp3) is 0.630. The quantitative estimate of drug-likeness (QED) is 0.484. The first kappa shape index (κ1) is 23.1. The lowest BCUT2D eigenvalue weighted by molar-refractivity contribution is -0.182. The predicted octanol–water partition coefficient (Wildman–Crippen LogP) is 4.22. The fourth-order valence-electron chi connectivity index (χ4n) is 7.93. The molecule has 0 spiro atoms. The first-order chi connectivity index (χ1) is 16.0. The molecule has 2 heterocycles. The van der Waals surface area contributed by atoms with Crippen LogP contribution in [0.1, 0.15) is 65.0 Å². The van der Waals surface area contributed by atoms with Gasteiger partial charge in [0.05, 0.1) is 32.0 Å². The van der Waals surface area contributed by atoms with Crippen molar-refractivity contribution >= 4 is 23.5 Å². The first-order valence-corrected chi connectivity index (χ1v) is 12.1. The third-order valence-electron chi connectivity index (χ3n) is 9.70. The lowest BCUT2D eigenvalue weighted by Crippen LogP contribution is -2.66. The van der Waals surface area contributed by atoms with Crippen molar-refractivity contribution < 1.29 is 33.1 Å². The molecular formula is C27H32O7. The van der Waals surface area contributed by atoms with E-state index in [4.69, 9.17) is 13.9 Å². The number of rotatable bonds is 3. The van der Waals surface area contributed by atoms with E-state index in [9.17, 15) is 19.2 Å². The van der Waals surface area contributed by atoms with Crippen LogP contribution < -0.4 is 0 Å². The van der Waals surface area contributed by atoms with Gasteiger partial charge in [-0.15, -0.1) is 0 Å². The van der Waals surface area contributed by atoms with Crippen LogP contribution in [-0.4, -0.2) is 30.6 Å². The molecule has 7 nitrogen and oxygen atoms in total. The fourth-order valence-corrected chi connectivity index (χ4v) is 7.93. The average molecular weight is 469 g/mol. The zero-order valence-corrected chi connectivity index (χ0v) is 20.4. The maximum Gasteiger partial charge on any atom is 0.331 e. The molecule has 1 aromatic heterocycles. The molecule has 3 saturated carbocycles.